The number of amides is 1. The van der Waals surface area contributed by atoms with Gasteiger partial charge in [-0.2, -0.15) is 0 Å². The molecule has 10 nitrogen and oxygen atoms in total. The Balaban J connectivity index is 1.42. The van der Waals surface area contributed by atoms with Gasteiger partial charge >= 0.3 is 5.97 Å². The predicted molar refractivity (Wildman–Crippen MR) is 147 cm³/mol. The topological polar surface area (TPSA) is 141 Å². The Bertz CT molecular complexity index is 1380. The minimum Gasteiger partial charge on any atom is -0.480 e. The highest BCUT2D eigenvalue weighted by atomic mass is 35.5. The van der Waals surface area contributed by atoms with E-state index in [1.165, 1.54) is 12.4 Å². The molecule has 1 aliphatic rings. The van der Waals surface area contributed by atoms with E-state index in [1.54, 1.807) is 24.3 Å². The molecule has 1 amide bonds. The third-order valence-electron chi connectivity index (χ3n) is 6.55. The van der Waals surface area contributed by atoms with Gasteiger partial charge in [-0.05, 0) is 37.5 Å². The number of aromatic nitrogens is 1. The molecular formula is C26H27Cl2N5O5. The number of nitrogens with zero attached hydrogens (tertiary/aromatic N) is 2. The largest absolute Gasteiger partial charge is 0.480 e. The van der Waals surface area contributed by atoms with Crippen LogP contribution < -0.4 is 26.8 Å². The first-order valence-electron chi connectivity index (χ1n) is 12.2. The molecule has 3 aromatic rings. The lowest BCUT2D eigenvalue weighted by atomic mass is 10.0. The Morgan fingerprint density at radius 2 is 1.55 bits per heavy atom. The SMILES string of the molecule is C[C@@H](Nc1c(NC(Cc2ccc(NC(=O)c3c(Cl)cncc3Cl)cc2)C(=O)O)c(=O)c1=O)N1CCCCC1. The van der Waals surface area contributed by atoms with Crippen molar-refractivity contribution >= 4 is 52.1 Å². The van der Waals surface area contributed by atoms with Gasteiger partial charge in [0.25, 0.3) is 16.8 Å². The first-order chi connectivity index (χ1) is 18.2. The van der Waals surface area contributed by atoms with E-state index < -0.39 is 28.8 Å². The standard InChI is InChI=1S/C26H27Cl2N5O5/c1-14(33-9-3-2-4-10-33)30-21-22(24(35)23(21)34)32-19(26(37)38)11-15-5-7-16(8-6-15)31-25(36)20-17(27)12-29-13-18(20)28/h5-8,12-14,19,30,32H,2-4,9-11H2,1H3,(H,31,36)(H,37,38)/t14-,19?/m0/s1. The summed E-state index contributed by atoms with van der Waals surface area (Å²) in [6.45, 7) is 3.70. The van der Waals surface area contributed by atoms with Crippen LogP contribution in [0.1, 0.15) is 42.1 Å². The summed E-state index contributed by atoms with van der Waals surface area (Å²) in [5, 5.41) is 18.5. The monoisotopic (exact) mass is 559 g/mol. The smallest absolute Gasteiger partial charge is 0.326 e. The predicted octanol–water partition coefficient (Wildman–Crippen LogP) is 3.59. The number of carbonyl (C=O) groups is 2. The number of hydrogen-bond donors (Lipinski definition) is 4. The number of carboxylic acid groups (broad SMARTS) is 1. The second kappa shape index (κ2) is 11.9. The third kappa shape index (κ3) is 6.15. The number of halogens is 2. The molecule has 2 atom stereocenters. The number of hydrogen-bond acceptors (Lipinski definition) is 8. The Kier molecular flexibility index (Phi) is 8.65. The Labute approximate surface area is 228 Å². The van der Waals surface area contributed by atoms with Gasteiger partial charge in [-0.3, -0.25) is 24.3 Å². The highest BCUT2D eigenvalue weighted by Gasteiger charge is 2.29. The van der Waals surface area contributed by atoms with Crippen LogP contribution in [-0.2, 0) is 11.2 Å². The van der Waals surface area contributed by atoms with Gasteiger partial charge in [-0.1, -0.05) is 41.8 Å². The summed E-state index contributed by atoms with van der Waals surface area (Å²) in [6, 6.07) is 5.38. The van der Waals surface area contributed by atoms with Crippen LogP contribution in [0.5, 0.6) is 0 Å². The van der Waals surface area contributed by atoms with E-state index in [1.807, 2.05) is 6.92 Å². The van der Waals surface area contributed by atoms with Crippen LogP contribution in [-0.4, -0.2) is 52.2 Å². The molecule has 4 rings (SSSR count). The van der Waals surface area contributed by atoms with Crippen LogP contribution in [0.3, 0.4) is 0 Å². The molecular weight excluding hydrogens is 533 g/mol. The molecule has 1 aromatic heterocycles. The molecule has 1 aliphatic heterocycles. The molecule has 2 aromatic carbocycles. The summed E-state index contributed by atoms with van der Waals surface area (Å²) >= 11 is 12.1. The minimum absolute atomic E-state index is 0.0127. The number of carboxylic acids is 1. The molecule has 0 radical (unpaired) electrons. The van der Waals surface area contributed by atoms with E-state index in [2.05, 4.69) is 25.8 Å². The first kappa shape index (κ1) is 27.6. The lowest BCUT2D eigenvalue weighted by molar-refractivity contribution is -0.137. The maximum atomic E-state index is 12.6. The van der Waals surface area contributed by atoms with Gasteiger partial charge in [0.15, 0.2) is 0 Å². The summed E-state index contributed by atoms with van der Waals surface area (Å²) in [4.78, 5) is 55.1. The fourth-order valence-corrected chi connectivity index (χ4v) is 4.97. The molecule has 0 aliphatic carbocycles. The van der Waals surface area contributed by atoms with Gasteiger partial charge in [0.1, 0.15) is 17.4 Å². The maximum absolute atomic E-state index is 12.6. The summed E-state index contributed by atoms with van der Waals surface area (Å²) in [6.07, 6.45) is 5.80. The fraction of sp³-hybridized carbons (Fsp3) is 0.346. The van der Waals surface area contributed by atoms with Crippen molar-refractivity contribution in [3.63, 3.8) is 0 Å². The maximum Gasteiger partial charge on any atom is 0.326 e. The number of likely N-dealkylation sites (tertiary alicyclic amines) is 1. The Hall–Kier alpha value is -3.47. The highest BCUT2D eigenvalue weighted by molar-refractivity contribution is 6.40. The third-order valence-corrected chi connectivity index (χ3v) is 7.12. The molecule has 1 saturated heterocycles. The van der Waals surface area contributed by atoms with E-state index in [0.29, 0.717) is 11.3 Å². The van der Waals surface area contributed by atoms with Gasteiger partial charge < -0.3 is 21.1 Å². The summed E-state index contributed by atoms with van der Waals surface area (Å²) < 4.78 is 0. The molecule has 2 heterocycles. The lowest BCUT2D eigenvalue weighted by Gasteiger charge is -2.34. The van der Waals surface area contributed by atoms with E-state index >= 15 is 0 Å². The Morgan fingerprint density at radius 1 is 0.974 bits per heavy atom. The van der Waals surface area contributed by atoms with Crippen molar-refractivity contribution in [3.05, 3.63) is 78.3 Å². The molecule has 0 saturated carbocycles. The quantitative estimate of drug-likeness (QED) is 0.274. The summed E-state index contributed by atoms with van der Waals surface area (Å²) in [7, 11) is 0. The molecule has 200 valence electrons. The average Bonchev–Trinajstić information content (AvgIpc) is 2.90. The zero-order valence-electron chi connectivity index (χ0n) is 20.6. The number of benzene rings is 1. The van der Waals surface area contributed by atoms with Crippen molar-refractivity contribution in [2.24, 2.45) is 0 Å². The van der Waals surface area contributed by atoms with Crippen LogP contribution in [0.4, 0.5) is 17.1 Å². The van der Waals surface area contributed by atoms with E-state index in [9.17, 15) is 24.3 Å². The van der Waals surface area contributed by atoms with Crippen LogP contribution in [0.15, 0.2) is 46.2 Å². The Morgan fingerprint density at radius 3 is 2.13 bits per heavy atom. The van der Waals surface area contributed by atoms with E-state index in [4.69, 9.17) is 23.2 Å². The second-order valence-electron chi connectivity index (χ2n) is 9.19. The summed E-state index contributed by atoms with van der Waals surface area (Å²) in [5.41, 5.74) is -0.117. The molecule has 12 heteroatoms. The molecule has 4 N–H and O–H groups in total. The number of anilines is 3. The highest BCUT2D eigenvalue weighted by Crippen LogP contribution is 2.25. The normalized spacial score (nSPS) is 15.6. The lowest BCUT2D eigenvalue weighted by Crippen LogP contribution is -2.47. The number of piperidine rings is 1. The molecule has 38 heavy (non-hydrogen) atoms. The number of rotatable bonds is 10. The summed E-state index contributed by atoms with van der Waals surface area (Å²) in [5.74, 6) is -1.69. The van der Waals surface area contributed by atoms with Crippen molar-refractivity contribution in [2.45, 2.75) is 44.8 Å². The molecule has 0 spiro atoms. The minimum atomic E-state index is -1.17. The van der Waals surface area contributed by atoms with E-state index in [-0.39, 0.29) is 39.6 Å². The van der Waals surface area contributed by atoms with Gasteiger partial charge in [-0.25, -0.2) is 4.79 Å². The average molecular weight is 560 g/mol. The van der Waals surface area contributed by atoms with Crippen LogP contribution in [0.25, 0.3) is 0 Å². The van der Waals surface area contributed by atoms with Crippen molar-refractivity contribution in [1.29, 1.82) is 0 Å². The first-order valence-corrected chi connectivity index (χ1v) is 12.9. The van der Waals surface area contributed by atoms with Gasteiger partial charge in [0.05, 0.1) is 21.8 Å². The van der Waals surface area contributed by atoms with Gasteiger partial charge in [0.2, 0.25) is 0 Å². The number of nitrogens with one attached hydrogen (secondary N) is 3. The molecule has 1 fully saturated rings. The van der Waals surface area contributed by atoms with E-state index in [0.717, 1.165) is 32.4 Å². The number of carbonyl (C=O) groups excluding carboxylic acids is 1. The molecule has 1 unspecified atom stereocenters. The fourth-order valence-electron chi connectivity index (χ4n) is 4.43. The zero-order chi connectivity index (χ0) is 27.4. The zero-order valence-corrected chi connectivity index (χ0v) is 22.1. The van der Waals surface area contributed by atoms with Crippen molar-refractivity contribution < 1.29 is 14.7 Å². The van der Waals surface area contributed by atoms with Crippen LogP contribution >= 0.6 is 23.2 Å². The number of aliphatic carboxylic acids is 1. The van der Waals surface area contributed by atoms with Crippen LogP contribution in [0, 0.1) is 0 Å². The van der Waals surface area contributed by atoms with Crippen LogP contribution in [0.2, 0.25) is 10.0 Å². The van der Waals surface area contributed by atoms with Crippen molar-refractivity contribution in [2.75, 3.05) is 29.0 Å². The second-order valence-corrected chi connectivity index (χ2v) is 10.0. The molecule has 0 bridgehead atoms. The van der Waals surface area contributed by atoms with Crippen molar-refractivity contribution in [3.8, 4) is 0 Å². The van der Waals surface area contributed by atoms with Gasteiger partial charge in [0, 0.05) is 37.6 Å². The van der Waals surface area contributed by atoms with Gasteiger partial charge in [-0.15, -0.1) is 0 Å². The number of pyridine rings is 1. The van der Waals surface area contributed by atoms with Crippen molar-refractivity contribution in [1.82, 2.24) is 9.88 Å².